The van der Waals surface area contributed by atoms with Gasteiger partial charge in [0, 0.05) is 16.5 Å². The minimum atomic E-state index is -0.213. The molecule has 0 saturated heterocycles. The molecular weight excluding hydrogens is 412 g/mol. The number of hydrogen-bond donors (Lipinski definition) is 2. The molecular formula is C20H21BrN2O4. The Morgan fingerprint density at radius 3 is 2.63 bits per heavy atom. The predicted octanol–water partition coefficient (Wildman–Crippen LogP) is 4.10. The Labute approximate surface area is 166 Å². The third-order valence-electron chi connectivity index (χ3n) is 4.73. The lowest BCUT2D eigenvalue weighted by Crippen LogP contribution is -2.40. The van der Waals surface area contributed by atoms with Crippen molar-refractivity contribution in [3.05, 3.63) is 52.0 Å². The number of amides is 2. The fourth-order valence-corrected chi connectivity index (χ4v) is 3.70. The molecule has 0 aromatic heterocycles. The van der Waals surface area contributed by atoms with E-state index < -0.39 is 0 Å². The molecule has 0 radical (unpaired) electrons. The van der Waals surface area contributed by atoms with Gasteiger partial charge in [-0.25, -0.2) is 4.79 Å². The highest BCUT2D eigenvalue weighted by Crippen LogP contribution is 2.35. The number of urea groups is 1. The molecule has 2 N–H and O–H groups in total. The van der Waals surface area contributed by atoms with E-state index in [1.54, 1.807) is 0 Å². The molecule has 2 aromatic rings. The summed E-state index contributed by atoms with van der Waals surface area (Å²) in [5.41, 5.74) is 1.95. The number of ether oxygens (including phenoxy) is 3. The highest BCUT2D eigenvalue weighted by molar-refractivity contribution is 9.10. The Balaban J connectivity index is 1.42. The first kappa shape index (κ1) is 18.0. The Hall–Kier alpha value is -2.41. The zero-order chi connectivity index (χ0) is 18.8. The summed E-state index contributed by atoms with van der Waals surface area (Å²) in [7, 11) is 0. The van der Waals surface area contributed by atoms with Crippen LogP contribution in [0.4, 0.5) is 4.79 Å². The number of halogens is 1. The van der Waals surface area contributed by atoms with Crippen LogP contribution in [0.1, 0.15) is 36.6 Å². The molecule has 2 aliphatic rings. The summed E-state index contributed by atoms with van der Waals surface area (Å²) in [5, 5.41) is 6.06. The van der Waals surface area contributed by atoms with Crippen LogP contribution in [-0.4, -0.2) is 25.9 Å². The number of fused-ring (bicyclic) bond motifs is 2. The number of benzene rings is 2. The zero-order valence-corrected chi connectivity index (χ0v) is 16.5. The summed E-state index contributed by atoms with van der Waals surface area (Å²) in [6, 6.07) is 11.1. The molecule has 2 aliphatic heterocycles. The highest BCUT2D eigenvalue weighted by atomic mass is 79.9. The molecule has 4 rings (SSSR count). The first-order valence-corrected chi connectivity index (χ1v) is 9.78. The SMILES string of the molecule is CC(NC(=O)NC1CCOc2ccc(Br)cc21)c1ccc2c(c1)OCCO2. The van der Waals surface area contributed by atoms with E-state index in [0.717, 1.165) is 39.3 Å². The van der Waals surface area contributed by atoms with Crippen LogP contribution < -0.4 is 24.8 Å². The lowest BCUT2D eigenvalue weighted by Gasteiger charge is -2.28. The molecule has 0 aliphatic carbocycles. The molecule has 6 nitrogen and oxygen atoms in total. The van der Waals surface area contributed by atoms with Crippen molar-refractivity contribution in [3.8, 4) is 17.2 Å². The average molecular weight is 433 g/mol. The van der Waals surface area contributed by atoms with Gasteiger partial charge in [0.1, 0.15) is 19.0 Å². The summed E-state index contributed by atoms with van der Waals surface area (Å²) in [6.07, 6.45) is 0.731. The van der Waals surface area contributed by atoms with Crippen molar-refractivity contribution in [1.82, 2.24) is 10.6 Å². The van der Waals surface area contributed by atoms with E-state index in [1.807, 2.05) is 43.3 Å². The number of hydrogen-bond acceptors (Lipinski definition) is 4. The summed E-state index contributed by atoms with van der Waals surface area (Å²) in [5.74, 6) is 2.27. The molecule has 7 heteroatoms. The van der Waals surface area contributed by atoms with Crippen molar-refractivity contribution in [2.45, 2.75) is 25.4 Å². The van der Waals surface area contributed by atoms with Gasteiger partial charge in [-0.2, -0.15) is 0 Å². The molecule has 0 bridgehead atoms. The van der Waals surface area contributed by atoms with Gasteiger partial charge in [0.25, 0.3) is 0 Å². The maximum atomic E-state index is 12.5. The zero-order valence-electron chi connectivity index (χ0n) is 15.0. The van der Waals surface area contributed by atoms with E-state index in [9.17, 15) is 4.79 Å². The lowest BCUT2D eigenvalue weighted by molar-refractivity contribution is 0.171. The Morgan fingerprint density at radius 1 is 1.04 bits per heavy atom. The van der Waals surface area contributed by atoms with Gasteiger partial charge in [0.05, 0.1) is 18.7 Å². The number of nitrogens with one attached hydrogen (secondary N) is 2. The second kappa shape index (κ2) is 7.68. The predicted molar refractivity (Wildman–Crippen MR) is 105 cm³/mol. The summed E-state index contributed by atoms with van der Waals surface area (Å²) in [4.78, 5) is 12.5. The summed E-state index contributed by atoms with van der Waals surface area (Å²) >= 11 is 3.48. The molecule has 0 saturated carbocycles. The normalized spacial score (nSPS) is 18.7. The van der Waals surface area contributed by atoms with Crippen molar-refractivity contribution in [2.24, 2.45) is 0 Å². The summed E-state index contributed by atoms with van der Waals surface area (Å²) in [6.45, 7) is 3.62. The molecule has 2 unspecified atom stereocenters. The van der Waals surface area contributed by atoms with E-state index >= 15 is 0 Å². The van der Waals surface area contributed by atoms with Crippen molar-refractivity contribution in [3.63, 3.8) is 0 Å². The molecule has 0 spiro atoms. The first-order chi connectivity index (χ1) is 13.1. The Kier molecular flexibility index (Phi) is 5.11. The molecule has 2 heterocycles. The van der Waals surface area contributed by atoms with Gasteiger partial charge in [0.2, 0.25) is 0 Å². The van der Waals surface area contributed by atoms with Crippen LogP contribution in [0.25, 0.3) is 0 Å². The minimum absolute atomic E-state index is 0.0845. The van der Waals surface area contributed by atoms with Gasteiger partial charge < -0.3 is 24.8 Å². The van der Waals surface area contributed by atoms with Crippen LogP contribution in [0.3, 0.4) is 0 Å². The van der Waals surface area contributed by atoms with Gasteiger partial charge in [-0.1, -0.05) is 22.0 Å². The van der Waals surface area contributed by atoms with Crippen LogP contribution in [0.2, 0.25) is 0 Å². The Morgan fingerprint density at radius 2 is 1.78 bits per heavy atom. The fourth-order valence-electron chi connectivity index (χ4n) is 3.32. The topological polar surface area (TPSA) is 68.8 Å². The van der Waals surface area contributed by atoms with Gasteiger partial charge in [-0.3, -0.25) is 0 Å². The van der Waals surface area contributed by atoms with Gasteiger partial charge in [0.15, 0.2) is 11.5 Å². The quantitative estimate of drug-likeness (QED) is 0.765. The number of carbonyl (C=O) groups is 1. The smallest absolute Gasteiger partial charge is 0.315 e. The second-order valence-corrected chi connectivity index (χ2v) is 7.53. The van der Waals surface area contributed by atoms with Crippen LogP contribution in [0.5, 0.6) is 17.2 Å². The van der Waals surface area contributed by atoms with Gasteiger partial charge in [-0.05, 0) is 42.8 Å². The summed E-state index contributed by atoms with van der Waals surface area (Å²) < 4.78 is 17.8. The fraction of sp³-hybridized carbons (Fsp3) is 0.350. The largest absolute Gasteiger partial charge is 0.493 e. The maximum Gasteiger partial charge on any atom is 0.315 e. The first-order valence-electron chi connectivity index (χ1n) is 8.99. The third kappa shape index (κ3) is 3.98. The lowest BCUT2D eigenvalue weighted by atomic mass is 10.0. The van der Waals surface area contributed by atoms with Gasteiger partial charge in [-0.15, -0.1) is 0 Å². The number of rotatable bonds is 3. The molecule has 142 valence electrons. The van der Waals surface area contributed by atoms with Crippen molar-refractivity contribution >= 4 is 22.0 Å². The maximum absolute atomic E-state index is 12.5. The highest BCUT2D eigenvalue weighted by Gasteiger charge is 2.24. The number of carbonyl (C=O) groups excluding carboxylic acids is 1. The van der Waals surface area contributed by atoms with E-state index in [4.69, 9.17) is 14.2 Å². The van der Waals surface area contributed by atoms with Crippen molar-refractivity contribution in [2.75, 3.05) is 19.8 Å². The van der Waals surface area contributed by atoms with Crippen LogP contribution >= 0.6 is 15.9 Å². The monoisotopic (exact) mass is 432 g/mol. The molecule has 27 heavy (non-hydrogen) atoms. The standard InChI is InChI=1S/C20H21BrN2O4/c1-12(13-2-4-18-19(10-13)27-9-8-26-18)22-20(24)23-16-6-7-25-17-5-3-14(21)11-15(16)17/h2-5,10-12,16H,6-9H2,1H3,(H2,22,23,24). The van der Waals surface area contributed by atoms with Crippen LogP contribution in [-0.2, 0) is 0 Å². The molecule has 2 aromatic carbocycles. The Bertz CT molecular complexity index is 858. The van der Waals surface area contributed by atoms with Crippen LogP contribution in [0.15, 0.2) is 40.9 Å². The average Bonchev–Trinajstić information content (AvgIpc) is 2.68. The minimum Gasteiger partial charge on any atom is -0.493 e. The van der Waals surface area contributed by atoms with E-state index in [2.05, 4.69) is 26.6 Å². The molecule has 0 fully saturated rings. The third-order valence-corrected chi connectivity index (χ3v) is 5.22. The van der Waals surface area contributed by atoms with E-state index in [0.29, 0.717) is 19.8 Å². The van der Waals surface area contributed by atoms with Crippen molar-refractivity contribution < 1.29 is 19.0 Å². The van der Waals surface area contributed by atoms with Gasteiger partial charge >= 0.3 is 6.03 Å². The van der Waals surface area contributed by atoms with E-state index in [-0.39, 0.29) is 18.1 Å². The molecule has 2 atom stereocenters. The van der Waals surface area contributed by atoms with Crippen LogP contribution in [0, 0.1) is 0 Å². The molecule has 2 amide bonds. The van der Waals surface area contributed by atoms with E-state index in [1.165, 1.54) is 0 Å². The second-order valence-electron chi connectivity index (χ2n) is 6.61. The van der Waals surface area contributed by atoms with Crippen molar-refractivity contribution in [1.29, 1.82) is 0 Å².